The van der Waals surface area contributed by atoms with Crippen LogP contribution in [0.1, 0.15) is 63.4 Å². The van der Waals surface area contributed by atoms with Gasteiger partial charge in [0.1, 0.15) is 5.75 Å². The van der Waals surface area contributed by atoms with Gasteiger partial charge in [0.25, 0.3) is 0 Å². The molecule has 0 saturated heterocycles. The molecule has 1 saturated carbocycles. The molecule has 0 radical (unpaired) electrons. The number of halogens is 3. The van der Waals surface area contributed by atoms with Crippen molar-refractivity contribution in [3.63, 3.8) is 0 Å². The smallest absolute Gasteiger partial charge is 0.344 e. The molecule has 0 atom stereocenters. The number of hydrogen-bond donors (Lipinski definition) is 0. The highest BCUT2D eigenvalue weighted by Gasteiger charge is 2.22. The quantitative estimate of drug-likeness (QED) is 0.540. The Morgan fingerprint density at radius 3 is 2.23 bits per heavy atom. The van der Waals surface area contributed by atoms with Crippen molar-refractivity contribution in [2.24, 2.45) is 5.92 Å². The van der Waals surface area contributed by atoms with Gasteiger partial charge in [-0.2, -0.15) is 13.2 Å². The number of hydrogen-bond acceptors (Lipinski definition) is 1. The molecular weight excluding hydrogens is 289 g/mol. The molecule has 0 heterocycles. The Kier molecular flexibility index (Phi) is 6.34. The molecule has 0 aliphatic heterocycles. The van der Waals surface area contributed by atoms with Gasteiger partial charge in [-0.25, -0.2) is 0 Å². The molecule has 1 nitrogen and oxygen atoms in total. The summed E-state index contributed by atoms with van der Waals surface area (Å²) in [5.41, 5.74) is 1.19. The van der Waals surface area contributed by atoms with Crippen molar-refractivity contribution in [3.05, 3.63) is 41.9 Å². The molecule has 2 rings (SSSR count). The first-order chi connectivity index (χ1) is 10.6. The third kappa shape index (κ3) is 4.79. The molecule has 0 N–H and O–H groups in total. The van der Waals surface area contributed by atoms with Crippen LogP contribution in [-0.2, 0) is 0 Å². The first-order valence-corrected chi connectivity index (χ1v) is 8.08. The summed E-state index contributed by atoms with van der Waals surface area (Å²) in [4.78, 5) is 0. The van der Waals surface area contributed by atoms with E-state index in [-0.39, 0.29) is 5.75 Å². The maximum Gasteiger partial charge on any atom is 0.344 e. The van der Waals surface area contributed by atoms with E-state index in [4.69, 9.17) is 0 Å². The van der Waals surface area contributed by atoms with Gasteiger partial charge in [-0.1, -0.05) is 38.3 Å². The van der Waals surface area contributed by atoms with E-state index >= 15 is 0 Å². The average Bonchev–Trinajstić information content (AvgIpc) is 2.54. The van der Waals surface area contributed by atoms with Gasteiger partial charge >= 0.3 is 12.1 Å². The van der Waals surface area contributed by atoms with Crippen molar-refractivity contribution in [1.29, 1.82) is 0 Å². The van der Waals surface area contributed by atoms with E-state index in [1.54, 1.807) is 12.1 Å². The minimum atomic E-state index is -2.44. The minimum Gasteiger partial charge on any atom is -0.428 e. The van der Waals surface area contributed by atoms with Crippen LogP contribution in [0.4, 0.5) is 13.2 Å². The highest BCUT2D eigenvalue weighted by atomic mass is 19.3. The summed E-state index contributed by atoms with van der Waals surface area (Å²) in [5, 5.41) is 0. The predicted molar refractivity (Wildman–Crippen MR) is 81.6 cm³/mol. The first kappa shape index (κ1) is 16.9. The molecule has 1 aliphatic rings. The highest BCUT2D eigenvalue weighted by Crippen LogP contribution is 2.38. The highest BCUT2D eigenvalue weighted by molar-refractivity contribution is 5.30. The van der Waals surface area contributed by atoms with E-state index in [0.29, 0.717) is 5.92 Å². The summed E-state index contributed by atoms with van der Waals surface area (Å²) >= 11 is 0. The Balaban J connectivity index is 1.88. The van der Waals surface area contributed by atoms with E-state index in [1.165, 1.54) is 50.5 Å². The summed E-state index contributed by atoms with van der Waals surface area (Å²) in [7, 11) is 0. The molecule has 1 fully saturated rings. The fraction of sp³-hybridized carbons (Fsp3) is 0.556. The molecule has 0 unspecified atom stereocenters. The predicted octanol–water partition coefficient (Wildman–Crippen LogP) is 6.56. The first-order valence-electron chi connectivity index (χ1n) is 8.08. The molecule has 1 aromatic carbocycles. The molecule has 0 spiro atoms. The summed E-state index contributed by atoms with van der Waals surface area (Å²) in [6.45, 7) is 2.22. The lowest BCUT2D eigenvalue weighted by Gasteiger charge is -2.28. The second-order valence-electron chi connectivity index (χ2n) is 6.07. The van der Waals surface area contributed by atoms with Crippen molar-refractivity contribution in [1.82, 2.24) is 0 Å². The summed E-state index contributed by atoms with van der Waals surface area (Å²) in [6.07, 6.45) is 6.31. The fourth-order valence-electron chi connectivity index (χ4n) is 3.23. The number of ether oxygens (including phenoxy) is 1. The number of unbranched alkanes of at least 4 members (excludes halogenated alkanes) is 1. The topological polar surface area (TPSA) is 9.23 Å². The van der Waals surface area contributed by atoms with Gasteiger partial charge < -0.3 is 4.74 Å². The third-order valence-corrected chi connectivity index (χ3v) is 4.52. The van der Waals surface area contributed by atoms with Crippen molar-refractivity contribution >= 4 is 0 Å². The van der Waals surface area contributed by atoms with Gasteiger partial charge in [0, 0.05) is 0 Å². The molecule has 1 aliphatic carbocycles. The van der Waals surface area contributed by atoms with Crippen molar-refractivity contribution in [2.75, 3.05) is 0 Å². The second-order valence-corrected chi connectivity index (χ2v) is 6.07. The fourth-order valence-corrected chi connectivity index (χ4v) is 3.23. The Hall–Kier alpha value is -1.45. The third-order valence-electron chi connectivity index (χ3n) is 4.52. The molecule has 22 heavy (non-hydrogen) atoms. The molecule has 4 heteroatoms. The van der Waals surface area contributed by atoms with Crippen LogP contribution < -0.4 is 4.74 Å². The maximum absolute atomic E-state index is 12.7. The summed E-state index contributed by atoms with van der Waals surface area (Å²) in [6, 6.07) is 5.00. The molecule has 122 valence electrons. The van der Waals surface area contributed by atoms with Gasteiger partial charge in [0.05, 0.1) is 0 Å². The minimum absolute atomic E-state index is 0.102. The Labute approximate surface area is 130 Å². The molecule has 0 bridgehead atoms. The van der Waals surface area contributed by atoms with Gasteiger partial charge in [0.15, 0.2) is 0 Å². The molecule has 0 aromatic heterocycles. The molecular formula is C18H23F3O. The second kappa shape index (κ2) is 8.25. The van der Waals surface area contributed by atoms with Crippen LogP contribution in [0.3, 0.4) is 0 Å². The van der Waals surface area contributed by atoms with E-state index in [0.717, 1.165) is 5.92 Å². The largest absolute Gasteiger partial charge is 0.428 e. The van der Waals surface area contributed by atoms with Crippen LogP contribution in [0.25, 0.3) is 0 Å². The van der Waals surface area contributed by atoms with Crippen LogP contribution in [0, 0.1) is 5.92 Å². The Morgan fingerprint density at radius 1 is 1.05 bits per heavy atom. The van der Waals surface area contributed by atoms with Gasteiger partial charge in [-0.15, -0.1) is 0 Å². The van der Waals surface area contributed by atoms with Crippen LogP contribution in [0.5, 0.6) is 5.75 Å². The van der Waals surface area contributed by atoms with Gasteiger partial charge in [0.2, 0.25) is 0 Å². The van der Waals surface area contributed by atoms with Crippen LogP contribution in [-0.4, -0.2) is 0 Å². The summed E-state index contributed by atoms with van der Waals surface area (Å²) in [5.74, 6) is 1.47. The number of benzene rings is 1. The van der Waals surface area contributed by atoms with Gasteiger partial charge in [-0.05, 0) is 55.2 Å². The zero-order valence-corrected chi connectivity index (χ0v) is 13.0. The lowest BCUT2D eigenvalue weighted by Crippen LogP contribution is -2.13. The van der Waals surface area contributed by atoms with Crippen molar-refractivity contribution in [2.45, 2.75) is 57.8 Å². The molecule has 0 amide bonds. The SMILES string of the molecule is CCCCC1CCC(c2ccc(OC(F)=C(F)F)cc2)CC1. The lowest BCUT2D eigenvalue weighted by atomic mass is 9.77. The van der Waals surface area contributed by atoms with Crippen LogP contribution in [0.15, 0.2) is 36.4 Å². The Bertz CT molecular complexity index is 484. The van der Waals surface area contributed by atoms with Crippen LogP contribution >= 0.6 is 0 Å². The zero-order valence-electron chi connectivity index (χ0n) is 13.0. The Morgan fingerprint density at radius 2 is 1.68 bits per heavy atom. The lowest BCUT2D eigenvalue weighted by molar-refractivity contribution is 0.241. The maximum atomic E-state index is 12.7. The van der Waals surface area contributed by atoms with E-state index in [9.17, 15) is 13.2 Å². The standard InChI is InChI=1S/C18H23F3O/c1-2-3-4-13-5-7-14(8-6-13)15-9-11-16(12-10-15)22-18(21)17(19)20/h9-14H,2-8H2,1H3. The van der Waals surface area contributed by atoms with E-state index in [2.05, 4.69) is 11.7 Å². The molecule has 1 aromatic rings. The average molecular weight is 312 g/mol. The zero-order chi connectivity index (χ0) is 15.9. The van der Waals surface area contributed by atoms with Crippen molar-refractivity contribution < 1.29 is 17.9 Å². The number of rotatable bonds is 6. The van der Waals surface area contributed by atoms with Gasteiger partial charge in [-0.3, -0.25) is 0 Å². The van der Waals surface area contributed by atoms with E-state index < -0.39 is 12.1 Å². The van der Waals surface area contributed by atoms with Crippen LogP contribution in [0.2, 0.25) is 0 Å². The van der Waals surface area contributed by atoms with Crippen molar-refractivity contribution in [3.8, 4) is 5.75 Å². The monoisotopic (exact) mass is 312 g/mol. The van der Waals surface area contributed by atoms with E-state index in [1.807, 2.05) is 12.1 Å². The summed E-state index contributed by atoms with van der Waals surface area (Å²) < 4.78 is 41.1. The normalized spacial score (nSPS) is 21.5.